The Morgan fingerprint density at radius 2 is 0.714 bits per heavy atom. The number of aliphatic imine (C=N–C) groups is 2. The van der Waals surface area contributed by atoms with Gasteiger partial charge < -0.3 is 13.7 Å². The summed E-state index contributed by atoms with van der Waals surface area (Å²) in [7, 11) is 0. The lowest BCUT2D eigenvalue weighted by molar-refractivity contribution is 1.17. The molecule has 0 unspecified atom stereocenters. The Hall–Kier alpha value is -8.61. The Kier molecular flexibility index (Phi) is 8.54. The number of para-hydroxylation sites is 5. The standard InChI is InChI=1S/C57H38N6/c58-56(39-19-5-1-6-20-39)60-57(40-21-7-2-8-22-40)59-37-38-33-35-43(36-34-38)63-49-32-18-15-29-46(49)52-54-50(44-27-13-16-30-47(44)61(54)41-23-9-3-10-24-41)53-51(55(52)63)45-28-14-17-31-48(45)62(53)42-25-11-4-12-26-42/h1-37,58H/b58-56?,59-37+,60-57-. The Balaban J connectivity index is 1.15. The summed E-state index contributed by atoms with van der Waals surface area (Å²) in [5.74, 6) is 0.639. The zero-order chi connectivity index (χ0) is 41.9. The van der Waals surface area contributed by atoms with Crippen molar-refractivity contribution >= 4 is 83.3 Å². The number of aromatic nitrogens is 3. The van der Waals surface area contributed by atoms with Crippen molar-refractivity contribution in [1.82, 2.24) is 13.7 Å². The van der Waals surface area contributed by atoms with Gasteiger partial charge in [0.2, 0.25) is 0 Å². The van der Waals surface area contributed by atoms with E-state index in [2.05, 4.69) is 171 Å². The highest BCUT2D eigenvalue weighted by atomic mass is 15.0. The van der Waals surface area contributed by atoms with Crippen molar-refractivity contribution in [3.63, 3.8) is 0 Å². The molecule has 3 aromatic heterocycles. The zero-order valence-electron chi connectivity index (χ0n) is 34.1. The van der Waals surface area contributed by atoms with E-state index in [-0.39, 0.29) is 5.84 Å². The fraction of sp³-hybridized carbons (Fsp3) is 0. The van der Waals surface area contributed by atoms with Gasteiger partial charge in [-0.05, 0) is 60.2 Å². The highest BCUT2D eigenvalue weighted by Crippen LogP contribution is 2.50. The SMILES string of the molecule is N=C(/N=C(\N=C\c1ccc(-n2c3ccccc3c3c4c(c5ccccc5n4-c4ccccc4)c4c(c5ccccc5n4-c4ccccc4)c32)cc1)c1ccccc1)c1ccccc1. The van der Waals surface area contributed by atoms with E-state index in [0.717, 1.165) is 55.8 Å². The summed E-state index contributed by atoms with van der Waals surface area (Å²) < 4.78 is 7.40. The molecule has 0 saturated heterocycles. The second-order valence-corrected chi connectivity index (χ2v) is 15.8. The van der Waals surface area contributed by atoms with Crippen LogP contribution in [-0.4, -0.2) is 31.6 Å². The summed E-state index contributed by atoms with van der Waals surface area (Å²) in [5.41, 5.74) is 12.7. The van der Waals surface area contributed by atoms with Crippen LogP contribution < -0.4 is 0 Å². The molecule has 296 valence electrons. The predicted molar refractivity (Wildman–Crippen MR) is 263 cm³/mol. The normalized spacial score (nSPS) is 12.2. The fourth-order valence-corrected chi connectivity index (χ4v) is 9.47. The fourth-order valence-electron chi connectivity index (χ4n) is 9.47. The van der Waals surface area contributed by atoms with Gasteiger partial charge >= 0.3 is 0 Å². The molecule has 6 heteroatoms. The average Bonchev–Trinajstić information content (AvgIpc) is 4.00. The van der Waals surface area contributed by atoms with Crippen LogP contribution in [0.4, 0.5) is 0 Å². The molecule has 1 N–H and O–H groups in total. The quantitative estimate of drug-likeness (QED) is 0.128. The molecule has 0 amide bonds. The van der Waals surface area contributed by atoms with Crippen LogP contribution >= 0.6 is 0 Å². The molecular weight excluding hydrogens is 769 g/mol. The molecule has 0 aliphatic rings. The Bertz CT molecular complexity index is 3690. The van der Waals surface area contributed by atoms with Gasteiger partial charge in [0.15, 0.2) is 11.7 Å². The van der Waals surface area contributed by atoms with Crippen molar-refractivity contribution in [3.05, 3.63) is 235 Å². The molecule has 3 heterocycles. The van der Waals surface area contributed by atoms with Crippen molar-refractivity contribution in [3.8, 4) is 17.1 Å². The van der Waals surface area contributed by atoms with Crippen LogP contribution in [-0.2, 0) is 0 Å². The second kappa shape index (κ2) is 14.8. The van der Waals surface area contributed by atoms with Crippen LogP contribution in [0, 0.1) is 5.41 Å². The summed E-state index contributed by atoms with van der Waals surface area (Å²) in [5, 5.41) is 16.0. The molecule has 0 spiro atoms. The first kappa shape index (κ1) is 36.3. The molecule has 0 saturated carbocycles. The maximum Gasteiger partial charge on any atom is 0.161 e. The van der Waals surface area contributed by atoms with Crippen molar-refractivity contribution < 1.29 is 0 Å². The van der Waals surface area contributed by atoms with Gasteiger partial charge in [-0.2, -0.15) is 0 Å². The molecule has 0 aliphatic carbocycles. The number of fused-ring (bicyclic) bond motifs is 12. The predicted octanol–water partition coefficient (Wildman–Crippen LogP) is 13.9. The Morgan fingerprint density at radius 1 is 0.365 bits per heavy atom. The van der Waals surface area contributed by atoms with Gasteiger partial charge in [0.1, 0.15) is 0 Å². The average molecular weight is 807 g/mol. The van der Waals surface area contributed by atoms with Gasteiger partial charge in [-0.3, -0.25) is 5.41 Å². The smallest absolute Gasteiger partial charge is 0.161 e. The van der Waals surface area contributed by atoms with E-state index in [9.17, 15) is 0 Å². The number of hydrogen-bond donors (Lipinski definition) is 1. The third-order valence-electron chi connectivity index (χ3n) is 12.1. The first-order valence-corrected chi connectivity index (χ1v) is 21.2. The van der Waals surface area contributed by atoms with Crippen molar-refractivity contribution in [1.29, 1.82) is 5.41 Å². The molecule has 0 aliphatic heterocycles. The molecular formula is C57H38N6. The molecule has 0 atom stereocenters. The van der Waals surface area contributed by atoms with Crippen molar-refractivity contribution in [2.75, 3.05) is 0 Å². The van der Waals surface area contributed by atoms with E-state index in [1.165, 1.54) is 43.4 Å². The summed E-state index contributed by atoms with van der Waals surface area (Å²) in [4.78, 5) is 9.59. The van der Waals surface area contributed by atoms with Crippen LogP contribution in [0.3, 0.4) is 0 Å². The second-order valence-electron chi connectivity index (χ2n) is 15.8. The van der Waals surface area contributed by atoms with E-state index in [0.29, 0.717) is 5.84 Å². The van der Waals surface area contributed by atoms with E-state index in [4.69, 9.17) is 15.4 Å². The third-order valence-corrected chi connectivity index (χ3v) is 12.1. The van der Waals surface area contributed by atoms with Gasteiger partial charge in [0.25, 0.3) is 0 Å². The molecule has 12 aromatic rings. The Morgan fingerprint density at radius 3 is 1.14 bits per heavy atom. The first-order chi connectivity index (χ1) is 31.2. The lowest BCUT2D eigenvalue weighted by atomic mass is 10.0. The largest absolute Gasteiger partial charge is 0.308 e. The van der Waals surface area contributed by atoms with E-state index in [1.54, 1.807) is 0 Å². The molecule has 63 heavy (non-hydrogen) atoms. The zero-order valence-corrected chi connectivity index (χ0v) is 34.1. The Labute approximate surface area is 363 Å². The monoisotopic (exact) mass is 806 g/mol. The van der Waals surface area contributed by atoms with Crippen molar-refractivity contribution in [2.24, 2.45) is 9.98 Å². The lowest BCUT2D eigenvalue weighted by Gasteiger charge is -2.13. The van der Waals surface area contributed by atoms with Crippen LogP contribution in [0.25, 0.3) is 82.5 Å². The minimum atomic E-state index is 0.161. The van der Waals surface area contributed by atoms with Gasteiger partial charge in [0.05, 0.1) is 33.1 Å². The lowest BCUT2D eigenvalue weighted by Crippen LogP contribution is -2.04. The van der Waals surface area contributed by atoms with Crippen LogP contribution in [0.1, 0.15) is 16.7 Å². The first-order valence-electron chi connectivity index (χ1n) is 21.2. The molecule has 12 rings (SSSR count). The topological polar surface area (TPSA) is 63.4 Å². The summed E-state index contributed by atoms with van der Waals surface area (Å²) in [6, 6.07) is 76.1. The minimum Gasteiger partial charge on any atom is -0.308 e. The minimum absolute atomic E-state index is 0.161. The highest BCUT2D eigenvalue weighted by Gasteiger charge is 2.28. The molecule has 0 radical (unpaired) electrons. The number of hydrogen-bond acceptors (Lipinski definition) is 1. The van der Waals surface area contributed by atoms with Gasteiger partial charge in [-0.15, -0.1) is 0 Å². The van der Waals surface area contributed by atoms with Crippen LogP contribution in [0.5, 0.6) is 0 Å². The maximum absolute atomic E-state index is 8.77. The number of benzene rings is 9. The number of nitrogens with zero attached hydrogens (tertiary/aromatic N) is 5. The molecule has 6 nitrogen and oxygen atoms in total. The summed E-state index contributed by atoms with van der Waals surface area (Å²) >= 11 is 0. The summed E-state index contributed by atoms with van der Waals surface area (Å²) in [6.07, 6.45) is 1.84. The number of rotatable bonds is 6. The molecule has 0 bridgehead atoms. The van der Waals surface area contributed by atoms with Gasteiger partial charge in [0, 0.05) is 66.7 Å². The van der Waals surface area contributed by atoms with Gasteiger partial charge in [-0.25, -0.2) is 9.98 Å². The third kappa shape index (κ3) is 5.84. The molecule has 0 fully saturated rings. The summed E-state index contributed by atoms with van der Waals surface area (Å²) in [6.45, 7) is 0. The molecule has 9 aromatic carbocycles. The van der Waals surface area contributed by atoms with Crippen molar-refractivity contribution in [2.45, 2.75) is 0 Å². The van der Waals surface area contributed by atoms with Crippen LogP contribution in [0.2, 0.25) is 0 Å². The number of nitrogens with one attached hydrogen (secondary N) is 1. The van der Waals surface area contributed by atoms with E-state index in [1.807, 2.05) is 66.9 Å². The highest BCUT2D eigenvalue weighted by molar-refractivity contribution is 6.40. The van der Waals surface area contributed by atoms with Crippen LogP contribution in [0.15, 0.2) is 228 Å². The maximum atomic E-state index is 8.77. The number of amidine groups is 2. The van der Waals surface area contributed by atoms with E-state index >= 15 is 0 Å². The van der Waals surface area contributed by atoms with E-state index < -0.39 is 0 Å². The van der Waals surface area contributed by atoms with Gasteiger partial charge in [-0.1, -0.05) is 164 Å².